The van der Waals surface area contributed by atoms with E-state index in [1.165, 1.54) is 12.1 Å². The highest BCUT2D eigenvalue weighted by molar-refractivity contribution is 5.64. The van der Waals surface area contributed by atoms with Crippen LogP contribution in [0.2, 0.25) is 0 Å². The van der Waals surface area contributed by atoms with Crippen LogP contribution in [0, 0.1) is 5.82 Å². The van der Waals surface area contributed by atoms with Crippen molar-refractivity contribution < 1.29 is 8.81 Å². The molecule has 2 aromatic carbocycles. The first-order chi connectivity index (χ1) is 13.8. The fourth-order valence-corrected chi connectivity index (χ4v) is 2.75. The van der Waals surface area contributed by atoms with Gasteiger partial charge in [0.2, 0.25) is 5.95 Å². The Morgan fingerprint density at radius 2 is 1.64 bits per heavy atom. The SMILES string of the molecule is Fc1ccc(CNc2nc(NCc3ccco3)cc(-c3ccccc3)n2)cc1. The minimum atomic E-state index is -0.254. The van der Waals surface area contributed by atoms with E-state index in [4.69, 9.17) is 4.42 Å². The van der Waals surface area contributed by atoms with Crippen LogP contribution in [0.1, 0.15) is 11.3 Å². The Morgan fingerprint density at radius 3 is 2.39 bits per heavy atom. The lowest BCUT2D eigenvalue weighted by atomic mass is 10.1. The largest absolute Gasteiger partial charge is 0.467 e. The van der Waals surface area contributed by atoms with E-state index in [2.05, 4.69) is 20.6 Å². The molecule has 2 N–H and O–H groups in total. The topological polar surface area (TPSA) is 63.0 Å². The maximum Gasteiger partial charge on any atom is 0.225 e. The summed E-state index contributed by atoms with van der Waals surface area (Å²) < 4.78 is 18.4. The van der Waals surface area contributed by atoms with Gasteiger partial charge in [-0.2, -0.15) is 4.98 Å². The molecule has 6 heteroatoms. The molecule has 4 aromatic rings. The van der Waals surface area contributed by atoms with E-state index in [0.717, 1.165) is 22.6 Å². The Hall–Kier alpha value is -3.67. The molecule has 0 aliphatic heterocycles. The van der Waals surface area contributed by atoms with Gasteiger partial charge in [-0.1, -0.05) is 42.5 Å². The number of rotatable bonds is 7. The Kier molecular flexibility index (Phi) is 5.29. The van der Waals surface area contributed by atoms with E-state index in [-0.39, 0.29) is 5.82 Å². The van der Waals surface area contributed by atoms with Gasteiger partial charge < -0.3 is 15.1 Å². The van der Waals surface area contributed by atoms with Crippen molar-refractivity contribution in [2.45, 2.75) is 13.1 Å². The van der Waals surface area contributed by atoms with Gasteiger partial charge in [0.25, 0.3) is 0 Å². The summed E-state index contributed by atoms with van der Waals surface area (Å²) in [6, 6.07) is 21.9. The minimum absolute atomic E-state index is 0.254. The van der Waals surface area contributed by atoms with Crippen molar-refractivity contribution in [2.75, 3.05) is 10.6 Å². The number of hydrogen-bond donors (Lipinski definition) is 2. The van der Waals surface area contributed by atoms with E-state index in [1.54, 1.807) is 18.4 Å². The van der Waals surface area contributed by atoms with Gasteiger partial charge in [0.05, 0.1) is 18.5 Å². The molecule has 0 fully saturated rings. The Labute approximate surface area is 162 Å². The fourth-order valence-electron chi connectivity index (χ4n) is 2.75. The van der Waals surface area contributed by atoms with E-state index in [9.17, 15) is 4.39 Å². The van der Waals surface area contributed by atoms with Crippen molar-refractivity contribution in [3.63, 3.8) is 0 Å². The second-order valence-electron chi connectivity index (χ2n) is 6.24. The van der Waals surface area contributed by atoms with Crippen LogP contribution in [0.5, 0.6) is 0 Å². The third-order valence-corrected chi connectivity index (χ3v) is 4.18. The Morgan fingerprint density at radius 1 is 0.821 bits per heavy atom. The van der Waals surface area contributed by atoms with E-state index in [1.807, 2.05) is 48.5 Å². The van der Waals surface area contributed by atoms with E-state index in [0.29, 0.717) is 24.9 Å². The second-order valence-corrected chi connectivity index (χ2v) is 6.24. The molecular weight excluding hydrogens is 355 g/mol. The lowest BCUT2D eigenvalue weighted by molar-refractivity contribution is 0.518. The lowest BCUT2D eigenvalue weighted by Gasteiger charge is -2.11. The van der Waals surface area contributed by atoms with Crippen molar-refractivity contribution in [1.82, 2.24) is 9.97 Å². The summed E-state index contributed by atoms with van der Waals surface area (Å²) in [4.78, 5) is 9.16. The van der Waals surface area contributed by atoms with Crippen molar-refractivity contribution >= 4 is 11.8 Å². The van der Waals surface area contributed by atoms with Crippen molar-refractivity contribution in [3.05, 3.63) is 96.2 Å². The minimum Gasteiger partial charge on any atom is -0.467 e. The normalized spacial score (nSPS) is 10.6. The number of furan rings is 1. The van der Waals surface area contributed by atoms with Crippen LogP contribution in [-0.4, -0.2) is 9.97 Å². The maximum atomic E-state index is 13.1. The van der Waals surface area contributed by atoms with Gasteiger partial charge in [-0.05, 0) is 29.8 Å². The molecule has 2 heterocycles. The zero-order chi connectivity index (χ0) is 19.2. The molecule has 0 radical (unpaired) electrons. The highest BCUT2D eigenvalue weighted by Crippen LogP contribution is 2.22. The molecule has 0 saturated carbocycles. The number of aromatic nitrogens is 2. The third kappa shape index (κ3) is 4.54. The first-order valence-electron chi connectivity index (χ1n) is 8.95. The number of anilines is 2. The quantitative estimate of drug-likeness (QED) is 0.471. The van der Waals surface area contributed by atoms with Gasteiger partial charge in [0.1, 0.15) is 17.4 Å². The summed E-state index contributed by atoms with van der Waals surface area (Å²) in [5.41, 5.74) is 2.75. The molecule has 5 nitrogen and oxygen atoms in total. The molecule has 0 saturated heterocycles. The second kappa shape index (κ2) is 8.35. The monoisotopic (exact) mass is 374 g/mol. The van der Waals surface area contributed by atoms with Gasteiger partial charge in [0, 0.05) is 18.2 Å². The summed E-state index contributed by atoms with van der Waals surface area (Å²) >= 11 is 0. The van der Waals surface area contributed by atoms with Crippen LogP contribution < -0.4 is 10.6 Å². The number of nitrogens with zero attached hydrogens (tertiary/aromatic N) is 2. The summed E-state index contributed by atoms with van der Waals surface area (Å²) in [6.07, 6.45) is 1.64. The smallest absolute Gasteiger partial charge is 0.225 e. The predicted octanol–water partition coefficient (Wildman–Crippen LogP) is 5.10. The first kappa shape index (κ1) is 17.7. The summed E-state index contributed by atoms with van der Waals surface area (Å²) in [6.45, 7) is 1.02. The molecule has 28 heavy (non-hydrogen) atoms. The van der Waals surface area contributed by atoms with Crippen LogP contribution in [0.15, 0.2) is 83.5 Å². The lowest BCUT2D eigenvalue weighted by Crippen LogP contribution is -2.08. The first-order valence-corrected chi connectivity index (χ1v) is 8.95. The van der Waals surface area contributed by atoms with Crippen LogP contribution >= 0.6 is 0 Å². The standard InChI is InChI=1S/C22H19FN4O/c23-18-10-8-16(9-11-18)14-25-22-26-20(17-5-2-1-3-6-17)13-21(27-22)24-15-19-7-4-12-28-19/h1-13H,14-15H2,(H2,24,25,26,27). The van der Waals surface area contributed by atoms with Gasteiger partial charge in [-0.25, -0.2) is 9.37 Å². The molecule has 0 atom stereocenters. The van der Waals surface area contributed by atoms with Crippen molar-refractivity contribution in [2.24, 2.45) is 0 Å². The molecule has 0 unspecified atom stereocenters. The van der Waals surface area contributed by atoms with Gasteiger partial charge in [-0.3, -0.25) is 0 Å². The molecule has 2 aromatic heterocycles. The van der Waals surface area contributed by atoms with Gasteiger partial charge >= 0.3 is 0 Å². The van der Waals surface area contributed by atoms with Gasteiger partial charge in [-0.15, -0.1) is 0 Å². The molecule has 140 valence electrons. The number of halogens is 1. The highest BCUT2D eigenvalue weighted by atomic mass is 19.1. The number of benzene rings is 2. The molecule has 0 amide bonds. The zero-order valence-electron chi connectivity index (χ0n) is 15.1. The Bertz CT molecular complexity index is 1020. The van der Waals surface area contributed by atoms with E-state index >= 15 is 0 Å². The average molecular weight is 374 g/mol. The fraction of sp³-hybridized carbons (Fsp3) is 0.0909. The summed E-state index contributed by atoms with van der Waals surface area (Å²) in [5.74, 6) is 1.75. The van der Waals surface area contributed by atoms with Crippen LogP contribution in [0.4, 0.5) is 16.2 Å². The zero-order valence-corrected chi connectivity index (χ0v) is 15.1. The van der Waals surface area contributed by atoms with E-state index < -0.39 is 0 Å². The number of hydrogen-bond acceptors (Lipinski definition) is 5. The van der Waals surface area contributed by atoms with Crippen LogP contribution in [-0.2, 0) is 13.1 Å². The molecule has 0 aliphatic carbocycles. The van der Waals surface area contributed by atoms with Crippen molar-refractivity contribution in [1.29, 1.82) is 0 Å². The Balaban J connectivity index is 1.56. The highest BCUT2D eigenvalue weighted by Gasteiger charge is 2.08. The van der Waals surface area contributed by atoms with Gasteiger partial charge in [0.15, 0.2) is 0 Å². The molecule has 0 spiro atoms. The molecule has 4 rings (SSSR count). The molecular formula is C22H19FN4O. The maximum absolute atomic E-state index is 13.1. The molecule has 0 bridgehead atoms. The summed E-state index contributed by atoms with van der Waals surface area (Å²) in [5, 5.41) is 6.48. The third-order valence-electron chi connectivity index (χ3n) is 4.18. The average Bonchev–Trinajstić information content (AvgIpc) is 3.26. The predicted molar refractivity (Wildman–Crippen MR) is 107 cm³/mol. The number of nitrogens with one attached hydrogen (secondary N) is 2. The van der Waals surface area contributed by atoms with Crippen molar-refractivity contribution in [3.8, 4) is 11.3 Å². The molecule has 0 aliphatic rings. The van der Waals surface area contributed by atoms with Crippen LogP contribution in [0.3, 0.4) is 0 Å². The van der Waals surface area contributed by atoms with Crippen LogP contribution in [0.25, 0.3) is 11.3 Å². The summed E-state index contributed by atoms with van der Waals surface area (Å²) in [7, 11) is 0.